The van der Waals surface area contributed by atoms with Gasteiger partial charge in [-0.2, -0.15) is 0 Å². The molecule has 144 valence electrons. The highest BCUT2D eigenvalue weighted by atomic mass is 16.6. The van der Waals surface area contributed by atoms with Crippen LogP contribution in [0.4, 0.5) is 9.59 Å². The number of hydrogen-bond donors (Lipinski definition) is 0. The number of ether oxygens (including phenoxy) is 2. The van der Waals surface area contributed by atoms with Crippen LogP contribution in [0.5, 0.6) is 0 Å². The van der Waals surface area contributed by atoms with Crippen LogP contribution in [0, 0.1) is 23.7 Å². The molecule has 3 saturated heterocycles. The molecule has 4 atom stereocenters. The van der Waals surface area contributed by atoms with E-state index in [1.165, 1.54) is 7.11 Å². The molecule has 8 heteroatoms. The zero-order valence-electron chi connectivity index (χ0n) is 15.3. The molecule has 5 rings (SSSR count). The van der Waals surface area contributed by atoms with Crippen LogP contribution in [0.3, 0.4) is 0 Å². The molecule has 2 amide bonds. The van der Waals surface area contributed by atoms with Gasteiger partial charge in [-0.05, 0) is 25.7 Å². The summed E-state index contributed by atoms with van der Waals surface area (Å²) >= 11 is 0. The maximum Gasteiger partial charge on any atom is 0.409 e. The summed E-state index contributed by atoms with van der Waals surface area (Å²) in [5, 5.41) is 0. The van der Waals surface area contributed by atoms with Gasteiger partial charge in [0.05, 0.1) is 13.7 Å². The minimum absolute atomic E-state index is 0.0813. The third-order valence-electron chi connectivity index (χ3n) is 5.70. The van der Waals surface area contributed by atoms with Gasteiger partial charge in [-0.1, -0.05) is 0 Å². The molecule has 5 aliphatic rings. The van der Waals surface area contributed by atoms with E-state index in [1.54, 1.807) is 16.7 Å². The quantitative estimate of drug-likeness (QED) is 0.695. The van der Waals surface area contributed by atoms with E-state index in [2.05, 4.69) is 4.74 Å². The lowest BCUT2D eigenvalue weighted by molar-refractivity contribution is -0.142. The van der Waals surface area contributed by atoms with Gasteiger partial charge in [0, 0.05) is 50.4 Å². The zero-order chi connectivity index (χ0) is 18.8. The van der Waals surface area contributed by atoms with Crippen molar-refractivity contribution >= 4 is 23.8 Å². The Morgan fingerprint density at radius 1 is 0.962 bits per heavy atom. The summed E-state index contributed by atoms with van der Waals surface area (Å²) in [6.45, 7) is 4.56. The smallest absolute Gasteiger partial charge is 0.409 e. The van der Waals surface area contributed by atoms with E-state index in [9.17, 15) is 19.2 Å². The molecule has 2 aliphatic carbocycles. The number of fused-ring (bicyclic) bond motifs is 4. The molecule has 0 aromatic heterocycles. The molecule has 0 spiro atoms. The van der Waals surface area contributed by atoms with Gasteiger partial charge < -0.3 is 19.3 Å². The minimum atomic E-state index is -0.301. The summed E-state index contributed by atoms with van der Waals surface area (Å²) in [5.74, 6) is 1.31. The third kappa shape index (κ3) is 3.68. The second-order valence-corrected chi connectivity index (χ2v) is 7.48. The average Bonchev–Trinajstić information content (AvgIpc) is 2.92. The van der Waals surface area contributed by atoms with Gasteiger partial charge in [-0.15, -0.1) is 0 Å². The Balaban J connectivity index is 0.000000151. The van der Waals surface area contributed by atoms with Crippen molar-refractivity contribution < 1.29 is 28.7 Å². The number of amides is 2. The normalized spacial score (nSPS) is 31.6. The summed E-state index contributed by atoms with van der Waals surface area (Å²) in [5.41, 5.74) is 0. The summed E-state index contributed by atoms with van der Waals surface area (Å²) in [6, 6.07) is 0. The second-order valence-electron chi connectivity index (χ2n) is 7.48. The van der Waals surface area contributed by atoms with Crippen molar-refractivity contribution in [1.82, 2.24) is 9.80 Å². The van der Waals surface area contributed by atoms with Crippen molar-refractivity contribution in [1.29, 1.82) is 0 Å². The Morgan fingerprint density at radius 3 is 2.12 bits per heavy atom. The lowest BCUT2D eigenvalue weighted by Crippen LogP contribution is -2.57. The van der Waals surface area contributed by atoms with E-state index in [4.69, 9.17) is 4.74 Å². The summed E-state index contributed by atoms with van der Waals surface area (Å²) in [7, 11) is 1.38. The van der Waals surface area contributed by atoms with Crippen molar-refractivity contribution in [3.63, 3.8) is 0 Å². The maximum atomic E-state index is 11.3. The molecule has 3 heterocycles. The lowest BCUT2D eigenvalue weighted by atomic mass is 9.70. The van der Waals surface area contributed by atoms with Crippen molar-refractivity contribution in [3.05, 3.63) is 0 Å². The Hall–Kier alpha value is -2.12. The number of piperidine rings is 3. The Kier molecular flexibility index (Phi) is 5.48. The topological polar surface area (TPSA) is 93.2 Å². The van der Waals surface area contributed by atoms with Crippen molar-refractivity contribution in [2.75, 3.05) is 39.9 Å². The summed E-state index contributed by atoms with van der Waals surface area (Å²) in [6.07, 6.45) is 2.01. The number of rotatable bonds is 1. The monoisotopic (exact) mass is 366 g/mol. The van der Waals surface area contributed by atoms with Crippen LogP contribution in [0.15, 0.2) is 0 Å². The molecule has 26 heavy (non-hydrogen) atoms. The first kappa shape index (κ1) is 18.7. The number of ketones is 2. The van der Waals surface area contributed by atoms with Crippen LogP contribution in [0.25, 0.3) is 0 Å². The summed E-state index contributed by atoms with van der Waals surface area (Å²) < 4.78 is 9.49. The van der Waals surface area contributed by atoms with Crippen molar-refractivity contribution in [2.45, 2.75) is 26.2 Å². The van der Waals surface area contributed by atoms with Gasteiger partial charge in [0.1, 0.15) is 11.6 Å². The number of nitrogens with zero attached hydrogens (tertiary/aromatic N) is 2. The van der Waals surface area contributed by atoms with Crippen LogP contribution >= 0.6 is 0 Å². The third-order valence-corrected chi connectivity index (χ3v) is 5.70. The Bertz CT molecular complexity index is 592. The summed E-state index contributed by atoms with van der Waals surface area (Å²) in [4.78, 5) is 48.3. The number of carbonyl (C=O) groups excluding carboxylic acids is 4. The fraction of sp³-hybridized carbons (Fsp3) is 0.778. The van der Waals surface area contributed by atoms with Crippen LogP contribution < -0.4 is 0 Å². The van der Waals surface area contributed by atoms with Crippen LogP contribution in [-0.2, 0) is 19.1 Å². The first-order valence-electron chi connectivity index (χ1n) is 9.23. The van der Waals surface area contributed by atoms with E-state index in [0.717, 1.165) is 12.8 Å². The molecular formula is C18H26N2O6. The standard InChI is InChI=1S/2C9H13NO3/c1-13-9(12)10-4-6-2-7(5-10)8(11)3-6;1-2-13-9(12)10-4-6-3-7(5-10)8(6)11/h2*6-7H,2-5H2,1H3. The molecule has 5 fully saturated rings. The van der Waals surface area contributed by atoms with Gasteiger partial charge in [0.15, 0.2) is 0 Å². The molecule has 0 radical (unpaired) electrons. The number of likely N-dealkylation sites (tertiary alicyclic amines) is 1. The highest BCUT2D eigenvalue weighted by Crippen LogP contribution is 2.36. The highest BCUT2D eigenvalue weighted by Gasteiger charge is 2.47. The second kappa shape index (κ2) is 7.63. The fourth-order valence-corrected chi connectivity index (χ4v) is 4.36. The molecule has 8 nitrogen and oxygen atoms in total. The number of carbonyl (C=O) groups is 4. The van der Waals surface area contributed by atoms with Gasteiger partial charge in [-0.25, -0.2) is 9.59 Å². The molecule has 3 aliphatic heterocycles. The molecule has 4 unspecified atom stereocenters. The number of hydrogen-bond acceptors (Lipinski definition) is 6. The largest absolute Gasteiger partial charge is 0.453 e. The van der Waals surface area contributed by atoms with Gasteiger partial charge in [0.2, 0.25) is 0 Å². The first-order valence-corrected chi connectivity index (χ1v) is 9.23. The SMILES string of the molecule is CCOC(=O)N1CC2CC(C1)C2=O.COC(=O)N1CC2CC(=O)C(C2)C1. The molecule has 0 N–H and O–H groups in total. The van der Waals surface area contributed by atoms with Crippen LogP contribution in [0.1, 0.15) is 26.2 Å². The molecular weight excluding hydrogens is 340 g/mol. The highest BCUT2D eigenvalue weighted by molar-refractivity contribution is 5.91. The van der Waals surface area contributed by atoms with E-state index < -0.39 is 0 Å². The molecule has 0 aromatic rings. The van der Waals surface area contributed by atoms with E-state index >= 15 is 0 Å². The minimum Gasteiger partial charge on any atom is -0.453 e. The van der Waals surface area contributed by atoms with Crippen molar-refractivity contribution in [2.24, 2.45) is 23.7 Å². The average molecular weight is 366 g/mol. The van der Waals surface area contributed by atoms with E-state index in [1.807, 2.05) is 0 Å². The Morgan fingerprint density at radius 2 is 1.58 bits per heavy atom. The molecule has 0 aromatic carbocycles. The van der Waals surface area contributed by atoms with Crippen LogP contribution in [0.2, 0.25) is 0 Å². The van der Waals surface area contributed by atoms with E-state index in [0.29, 0.717) is 56.7 Å². The molecule has 2 saturated carbocycles. The molecule has 4 bridgehead atoms. The Labute approximate surface area is 152 Å². The van der Waals surface area contributed by atoms with Gasteiger partial charge in [-0.3, -0.25) is 9.59 Å². The van der Waals surface area contributed by atoms with E-state index in [-0.39, 0.29) is 29.9 Å². The fourth-order valence-electron chi connectivity index (χ4n) is 4.36. The van der Waals surface area contributed by atoms with Gasteiger partial charge >= 0.3 is 12.2 Å². The predicted octanol–water partition coefficient (Wildman–Crippen LogP) is 1.33. The van der Waals surface area contributed by atoms with Crippen molar-refractivity contribution in [3.8, 4) is 0 Å². The maximum absolute atomic E-state index is 11.3. The van der Waals surface area contributed by atoms with Crippen LogP contribution in [-0.4, -0.2) is 73.4 Å². The predicted molar refractivity (Wildman–Crippen MR) is 90.4 cm³/mol. The zero-order valence-corrected chi connectivity index (χ0v) is 15.3. The first-order chi connectivity index (χ1) is 12.4. The number of methoxy groups -OCH3 is 1. The lowest BCUT2D eigenvalue weighted by Gasteiger charge is -2.44. The number of Topliss-reactive ketones (excluding diaryl/α,β-unsaturated/α-hetero) is 2. The van der Waals surface area contributed by atoms with Gasteiger partial charge in [0.25, 0.3) is 0 Å².